The van der Waals surface area contributed by atoms with Gasteiger partial charge < -0.3 is 16.0 Å². The van der Waals surface area contributed by atoms with Crippen LogP contribution < -0.4 is 16.0 Å². The van der Waals surface area contributed by atoms with Crippen LogP contribution in [0.4, 0.5) is 15.8 Å². The average Bonchev–Trinajstić information content (AvgIpc) is 2.23. The largest absolute Gasteiger partial charge is 0.397 e. The van der Waals surface area contributed by atoms with Crippen LogP contribution in [0.15, 0.2) is 12.1 Å². The van der Waals surface area contributed by atoms with Gasteiger partial charge in [-0.25, -0.2) is 4.39 Å². The number of halogens is 1. The maximum absolute atomic E-state index is 13.2. The van der Waals surface area contributed by atoms with Gasteiger partial charge in [-0.3, -0.25) is 4.79 Å². The summed E-state index contributed by atoms with van der Waals surface area (Å²) in [5.41, 5.74) is 7.19. The number of carbonyl (C=O) groups is 1. The number of hydrogen-bond donors (Lipinski definition) is 2. The molecular weight excluding hydrogens is 209 g/mol. The van der Waals surface area contributed by atoms with Crippen LogP contribution in [0.5, 0.6) is 0 Å². The number of amides is 1. The molecular formula is C11H16FN3O. The number of carbonyl (C=O) groups excluding carboxylic acids is 1. The van der Waals surface area contributed by atoms with Crippen molar-refractivity contribution in [3.63, 3.8) is 0 Å². The summed E-state index contributed by atoms with van der Waals surface area (Å²) in [5.74, 6) is -0.460. The van der Waals surface area contributed by atoms with Crippen molar-refractivity contribution in [3.8, 4) is 0 Å². The molecule has 5 heteroatoms. The second-order valence-electron chi connectivity index (χ2n) is 3.69. The van der Waals surface area contributed by atoms with Crippen LogP contribution in [-0.4, -0.2) is 26.5 Å². The predicted octanol–water partition coefficient (Wildman–Crippen LogP) is 0.899. The Labute approximate surface area is 94.2 Å². The van der Waals surface area contributed by atoms with E-state index in [1.54, 1.807) is 32.0 Å². The predicted molar refractivity (Wildman–Crippen MR) is 62.9 cm³/mol. The van der Waals surface area contributed by atoms with Gasteiger partial charge >= 0.3 is 0 Å². The van der Waals surface area contributed by atoms with Crippen molar-refractivity contribution in [3.05, 3.63) is 23.5 Å². The van der Waals surface area contributed by atoms with Crippen molar-refractivity contribution in [2.75, 3.05) is 31.3 Å². The van der Waals surface area contributed by atoms with Crippen LogP contribution >= 0.6 is 0 Å². The van der Waals surface area contributed by atoms with Crippen molar-refractivity contribution >= 4 is 17.3 Å². The molecule has 16 heavy (non-hydrogen) atoms. The summed E-state index contributed by atoms with van der Waals surface area (Å²) in [6, 6.07) is 2.90. The van der Waals surface area contributed by atoms with E-state index in [9.17, 15) is 9.18 Å². The fraction of sp³-hybridized carbons (Fsp3) is 0.364. The minimum absolute atomic E-state index is 0.121. The fourth-order valence-corrected chi connectivity index (χ4v) is 1.39. The van der Waals surface area contributed by atoms with E-state index in [1.807, 2.05) is 0 Å². The molecule has 0 spiro atoms. The molecule has 1 aromatic carbocycles. The number of rotatable bonds is 3. The Morgan fingerprint density at radius 1 is 1.56 bits per heavy atom. The minimum atomic E-state index is -0.338. The molecule has 0 heterocycles. The van der Waals surface area contributed by atoms with Crippen molar-refractivity contribution in [2.24, 2.45) is 0 Å². The van der Waals surface area contributed by atoms with Crippen molar-refractivity contribution in [2.45, 2.75) is 6.92 Å². The Bertz CT molecular complexity index is 406. The lowest BCUT2D eigenvalue weighted by atomic mass is 10.1. The molecule has 0 bridgehead atoms. The molecule has 0 aliphatic heterocycles. The molecule has 4 nitrogen and oxygen atoms in total. The number of anilines is 2. The van der Waals surface area contributed by atoms with Crippen molar-refractivity contribution in [1.82, 2.24) is 5.32 Å². The number of nitrogens with zero attached hydrogens (tertiary/aromatic N) is 1. The van der Waals surface area contributed by atoms with Crippen LogP contribution in [0.2, 0.25) is 0 Å². The maximum Gasteiger partial charge on any atom is 0.239 e. The molecule has 0 atom stereocenters. The van der Waals surface area contributed by atoms with Gasteiger partial charge in [0.25, 0.3) is 0 Å². The highest BCUT2D eigenvalue weighted by Gasteiger charge is 2.11. The third-order valence-electron chi connectivity index (χ3n) is 2.38. The number of likely N-dealkylation sites (N-methyl/N-ethyl adjacent to an activating group) is 2. The van der Waals surface area contributed by atoms with Gasteiger partial charge in [0, 0.05) is 14.1 Å². The van der Waals surface area contributed by atoms with E-state index in [2.05, 4.69) is 5.32 Å². The number of aryl methyl sites for hydroxylation is 1. The summed E-state index contributed by atoms with van der Waals surface area (Å²) < 4.78 is 13.2. The molecule has 0 radical (unpaired) electrons. The van der Waals surface area contributed by atoms with Gasteiger partial charge in [-0.2, -0.15) is 0 Å². The molecule has 0 fully saturated rings. The number of nitrogen functional groups attached to an aromatic ring is 1. The van der Waals surface area contributed by atoms with Gasteiger partial charge in [-0.15, -0.1) is 0 Å². The second-order valence-corrected chi connectivity index (χ2v) is 3.69. The molecule has 0 aliphatic rings. The van der Waals surface area contributed by atoms with Gasteiger partial charge in [0.1, 0.15) is 5.82 Å². The van der Waals surface area contributed by atoms with Crippen LogP contribution in [0.1, 0.15) is 5.56 Å². The molecule has 0 aliphatic carbocycles. The molecule has 0 unspecified atom stereocenters. The Morgan fingerprint density at radius 2 is 2.19 bits per heavy atom. The first kappa shape index (κ1) is 12.3. The highest BCUT2D eigenvalue weighted by atomic mass is 19.1. The summed E-state index contributed by atoms with van der Waals surface area (Å²) in [5, 5.41) is 2.52. The van der Waals surface area contributed by atoms with E-state index in [4.69, 9.17) is 5.73 Å². The molecule has 0 aromatic heterocycles. The lowest BCUT2D eigenvalue weighted by Crippen LogP contribution is -2.33. The van der Waals surface area contributed by atoms with Crippen LogP contribution in [0.25, 0.3) is 0 Å². The smallest absolute Gasteiger partial charge is 0.239 e. The van der Waals surface area contributed by atoms with E-state index in [0.29, 0.717) is 16.9 Å². The standard InChI is InChI=1S/C11H16FN3O/c1-7-4-10(9(13)5-8(7)12)15(3)6-11(16)14-2/h4-5H,6,13H2,1-3H3,(H,14,16). The van der Waals surface area contributed by atoms with Gasteiger partial charge in [-0.05, 0) is 24.6 Å². The Kier molecular flexibility index (Phi) is 3.71. The zero-order chi connectivity index (χ0) is 12.3. The third kappa shape index (κ3) is 2.62. The van der Waals surface area contributed by atoms with E-state index < -0.39 is 0 Å². The first-order valence-electron chi connectivity index (χ1n) is 4.93. The average molecular weight is 225 g/mol. The van der Waals surface area contributed by atoms with Crippen molar-refractivity contribution < 1.29 is 9.18 Å². The molecule has 1 rings (SSSR count). The number of benzene rings is 1. The Morgan fingerprint density at radius 3 is 2.75 bits per heavy atom. The molecule has 88 valence electrons. The lowest BCUT2D eigenvalue weighted by Gasteiger charge is -2.20. The van der Waals surface area contributed by atoms with Gasteiger partial charge in [0.2, 0.25) is 5.91 Å². The molecule has 3 N–H and O–H groups in total. The molecule has 0 saturated carbocycles. The van der Waals surface area contributed by atoms with Crippen molar-refractivity contribution in [1.29, 1.82) is 0 Å². The SMILES string of the molecule is CNC(=O)CN(C)c1cc(C)c(F)cc1N. The lowest BCUT2D eigenvalue weighted by molar-refractivity contribution is -0.119. The van der Waals surface area contributed by atoms with Gasteiger partial charge in [-0.1, -0.05) is 0 Å². The highest BCUT2D eigenvalue weighted by molar-refractivity contribution is 5.82. The fourth-order valence-electron chi connectivity index (χ4n) is 1.39. The second kappa shape index (κ2) is 4.83. The summed E-state index contributed by atoms with van der Waals surface area (Å²) in [6.45, 7) is 1.85. The Balaban J connectivity index is 2.95. The normalized spacial score (nSPS) is 10.0. The van der Waals surface area contributed by atoms with Gasteiger partial charge in [0.15, 0.2) is 0 Å². The van der Waals surface area contributed by atoms with E-state index in [-0.39, 0.29) is 18.3 Å². The topological polar surface area (TPSA) is 58.4 Å². The third-order valence-corrected chi connectivity index (χ3v) is 2.38. The monoisotopic (exact) mass is 225 g/mol. The summed E-state index contributed by atoms with van der Waals surface area (Å²) in [7, 11) is 3.30. The number of hydrogen-bond acceptors (Lipinski definition) is 3. The van der Waals surface area contributed by atoms with E-state index >= 15 is 0 Å². The summed E-state index contributed by atoms with van der Waals surface area (Å²) in [4.78, 5) is 12.9. The number of nitrogens with two attached hydrogens (primary N) is 1. The molecule has 1 aromatic rings. The maximum atomic E-state index is 13.2. The first-order valence-corrected chi connectivity index (χ1v) is 4.93. The van der Waals surface area contributed by atoms with E-state index in [1.165, 1.54) is 6.07 Å². The first-order chi connectivity index (χ1) is 7.45. The van der Waals surface area contributed by atoms with Crippen LogP contribution in [0, 0.1) is 12.7 Å². The number of nitrogens with one attached hydrogen (secondary N) is 1. The summed E-state index contributed by atoms with van der Waals surface area (Å²) >= 11 is 0. The molecule has 0 saturated heterocycles. The summed E-state index contributed by atoms with van der Waals surface area (Å²) in [6.07, 6.45) is 0. The van der Waals surface area contributed by atoms with Gasteiger partial charge in [0.05, 0.1) is 17.9 Å². The minimum Gasteiger partial charge on any atom is -0.397 e. The quantitative estimate of drug-likeness (QED) is 0.751. The molecule has 1 amide bonds. The Hall–Kier alpha value is -1.78. The van der Waals surface area contributed by atoms with E-state index in [0.717, 1.165) is 0 Å². The zero-order valence-electron chi connectivity index (χ0n) is 9.67. The highest BCUT2D eigenvalue weighted by Crippen LogP contribution is 2.25. The van der Waals surface area contributed by atoms with Crippen LogP contribution in [0.3, 0.4) is 0 Å². The zero-order valence-corrected chi connectivity index (χ0v) is 9.67. The van der Waals surface area contributed by atoms with Crippen LogP contribution in [-0.2, 0) is 4.79 Å².